The van der Waals surface area contributed by atoms with Gasteiger partial charge in [-0.05, 0) is 61.1 Å². The molecular weight excluding hydrogens is 327 g/mol. The quantitative estimate of drug-likeness (QED) is 0.730. The van der Waals surface area contributed by atoms with Gasteiger partial charge in [-0.1, -0.05) is 24.3 Å². The fourth-order valence-electron chi connectivity index (χ4n) is 4.26. The van der Waals surface area contributed by atoms with Crippen molar-refractivity contribution in [3.63, 3.8) is 0 Å². The number of aromatic nitrogens is 1. The summed E-state index contributed by atoms with van der Waals surface area (Å²) in [7, 11) is 3.53. The first kappa shape index (κ1) is 17.1. The lowest BCUT2D eigenvalue weighted by Gasteiger charge is -2.26. The zero-order chi connectivity index (χ0) is 18.1. The average molecular weight is 352 g/mol. The molecule has 0 aliphatic heterocycles. The van der Waals surface area contributed by atoms with Crippen LogP contribution in [0.3, 0.4) is 0 Å². The SMILES string of the molecule is COc1c(F)ccc2c1c(CCN[C@H]1CCCc3ccccc31)cn2C. The van der Waals surface area contributed by atoms with Crippen molar-refractivity contribution in [2.24, 2.45) is 7.05 Å². The molecule has 1 heterocycles. The van der Waals surface area contributed by atoms with Gasteiger partial charge < -0.3 is 14.6 Å². The molecule has 4 heteroatoms. The summed E-state index contributed by atoms with van der Waals surface area (Å²) in [4.78, 5) is 0. The lowest BCUT2D eigenvalue weighted by Crippen LogP contribution is -2.27. The Morgan fingerprint density at radius 1 is 1.23 bits per heavy atom. The van der Waals surface area contributed by atoms with Gasteiger partial charge in [0, 0.05) is 24.7 Å². The number of methoxy groups -OCH3 is 1. The number of aryl methyl sites for hydroxylation is 2. The van der Waals surface area contributed by atoms with Crippen molar-refractivity contribution >= 4 is 10.9 Å². The van der Waals surface area contributed by atoms with Gasteiger partial charge >= 0.3 is 0 Å². The molecule has 1 aliphatic carbocycles. The molecule has 0 fully saturated rings. The second-order valence-electron chi connectivity index (χ2n) is 7.09. The maximum Gasteiger partial charge on any atom is 0.165 e. The molecular formula is C22H25FN2O. The molecule has 0 saturated carbocycles. The van der Waals surface area contributed by atoms with E-state index in [1.807, 2.05) is 17.7 Å². The summed E-state index contributed by atoms with van der Waals surface area (Å²) in [6.45, 7) is 0.859. The molecule has 4 rings (SSSR count). The minimum atomic E-state index is -0.304. The minimum Gasteiger partial charge on any atom is -0.493 e. The average Bonchev–Trinajstić information content (AvgIpc) is 2.98. The highest BCUT2D eigenvalue weighted by Crippen LogP contribution is 2.33. The number of ether oxygens (including phenoxy) is 1. The van der Waals surface area contributed by atoms with Crippen LogP contribution in [-0.2, 0) is 19.9 Å². The zero-order valence-corrected chi connectivity index (χ0v) is 15.4. The molecule has 136 valence electrons. The monoisotopic (exact) mass is 352 g/mol. The number of nitrogens with zero attached hydrogens (tertiary/aromatic N) is 1. The Balaban J connectivity index is 1.54. The van der Waals surface area contributed by atoms with Crippen LogP contribution in [0.4, 0.5) is 4.39 Å². The normalized spacial score (nSPS) is 16.7. The number of rotatable bonds is 5. The Hall–Kier alpha value is -2.33. The molecule has 26 heavy (non-hydrogen) atoms. The molecule has 1 N–H and O–H groups in total. The molecule has 3 nitrogen and oxygen atoms in total. The van der Waals surface area contributed by atoms with Gasteiger partial charge in [-0.3, -0.25) is 0 Å². The Morgan fingerprint density at radius 2 is 2.08 bits per heavy atom. The van der Waals surface area contributed by atoms with Gasteiger partial charge in [-0.2, -0.15) is 0 Å². The number of halogens is 1. The number of nitrogens with one attached hydrogen (secondary N) is 1. The first-order chi connectivity index (χ1) is 12.7. The predicted octanol–water partition coefficient (Wildman–Crippen LogP) is 4.54. The van der Waals surface area contributed by atoms with E-state index in [0.29, 0.717) is 11.8 Å². The molecule has 1 atom stereocenters. The molecule has 0 unspecified atom stereocenters. The molecule has 1 aromatic heterocycles. The van der Waals surface area contributed by atoms with Gasteiger partial charge in [-0.25, -0.2) is 4.39 Å². The van der Waals surface area contributed by atoms with Crippen LogP contribution in [0, 0.1) is 5.82 Å². The Bertz CT molecular complexity index is 931. The Morgan fingerprint density at radius 3 is 2.92 bits per heavy atom. The Labute approximate surface area is 153 Å². The van der Waals surface area contributed by atoms with Crippen LogP contribution in [-0.4, -0.2) is 18.2 Å². The van der Waals surface area contributed by atoms with E-state index in [0.717, 1.165) is 29.4 Å². The molecule has 0 amide bonds. The fraction of sp³-hybridized carbons (Fsp3) is 0.364. The minimum absolute atomic E-state index is 0.304. The highest BCUT2D eigenvalue weighted by atomic mass is 19.1. The maximum absolute atomic E-state index is 14.1. The summed E-state index contributed by atoms with van der Waals surface area (Å²) in [6, 6.07) is 12.4. The van der Waals surface area contributed by atoms with Crippen LogP contribution in [0.1, 0.15) is 35.6 Å². The first-order valence-electron chi connectivity index (χ1n) is 9.30. The Kier molecular flexibility index (Phi) is 4.68. The van der Waals surface area contributed by atoms with E-state index in [1.54, 1.807) is 0 Å². The highest BCUT2D eigenvalue weighted by Gasteiger charge is 2.20. The van der Waals surface area contributed by atoms with E-state index in [-0.39, 0.29) is 5.82 Å². The van der Waals surface area contributed by atoms with Crippen molar-refractivity contribution in [1.82, 2.24) is 9.88 Å². The summed E-state index contributed by atoms with van der Waals surface area (Å²) in [6.07, 6.45) is 6.50. The van der Waals surface area contributed by atoms with E-state index in [2.05, 4.69) is 35.8 Å². The molecule has 1 aliphatic rings. The van der Waals surface area contributed by atoms with E-state index >= 15 is 0 Å². The van der Waals surface area contributed by atoms with Crippen LogP contribution in [0.2, 0.25) is 0 Å². The summed E-state index contributed by atoms with van der Waals surface area (Å²) in [5.74, 6) is 0.0442. The number of benzene rings is 2. The number of fused-ring (bicyclic) bond motifs is 2. The van der Waals surface area contributed by atoms with E-state index < -0.39 is 0 Å². The summed E-state index contributed by atoms with van der Waals surface area (Å²) in [5.41, 5.74) is 5.02. The largest absolute Gasteiger partial charge is 0.493 e. The third-order valence-electron chi connectivity index (χ3n) is 5.50. The summed E-state index contributed by atoms with van der Waals surface area (Å²) < 4.78 is 21.5. The molecule has 0 saturated heterocycles. The predicted molar refractivity (Wildman–Crippen MR) is 103 cm³/mol. The van der Waals surface area contributed by atoms with Gasteiger partial charge in [-0.15, -0.1) is 0 Å². The van der Waals surface area contributed by atoms with E-state index in [4.69, 9.17) is 4.74 Å². The molecule has 0 bridgehead atoms. The highest BCUT2D eigenvalue weighted by molar-refractivity contribution is 5.90. The summed E-state index contributed by atoms with van der Waals surface area (Å²) >= 11 is 0. The zero-order valence-electron chi connectivity index (χ0n) is 15.4. The van der Waals surface area contributed by atoms with Gasteiger partial charge in [0.1, 0.15) is 0 Å². The smallest absolute Gasteiger partial charge is 0.165 e. The van der Waals surface area contributed by atoms with Crippen molar-refractivity contribution in [3.8, 4) is 5.75 Å². The summed E-state index contributed by atoms with van der Waals surface area (Å²) in [5, 5.41) is 4.60. The second kappa shape index (κ2) is 7.12. The van der Waals surface area contributed by atoms with Gasteiger partial charge in [0.15, 0.2) is 11.6 Å². The van der Waals surface area contributed by atoms with Crippen LogP contribution >= 0.6 is 0 Å². The topological polar surface area (TPSA) is 26.2 Å². The molecule has 0 spiro atoms. The third kappa shape index (κ3) is 2.99. The molecule has 3 aromatic rings. The lowest BCUT2D eigenvalue weighted by atomic mass is 9.87. The lowest BCUT2D eigenvalue weighted by molar-refractivity contribution is 0.391. The van der Waals surface area contributed by atoms with Crippen LogP contribution in [0.15, 0.2) is 42.6 Å². The van der Waals surface area contributed by atoms with E-state index in [1.165, 1.54) is 43.6 Å². The number of hydrogen-bond acceptors (Lipinski definition) is 2. The van der Waals surface area contributed by atoms with Crippen LogP contribution < -0.4 is 10.1 Å². The van der Waals surface area contributed by atoms with Crippen molar-refractivity contribution in [1.29, 1.82) is 0 Å². The van der Waals surface area contributed by atoms with Crippen molar-refractivity contribution in [2.75, 3.05) is 13.7 Å². The first-order valence-corrected chi connectivity index (χ1v) is 9.30. The second-order valence-corrected chi connectivity index (χ2v) is 7.09. The third-order valence-corrected chi connectivity index (χ3v) is 5.50. The van der Waals surface area contributed by atoms with Gasteiger partial charge in [0.25, 0.3) is 0 Å². The molecule has 0 radical (unpaired) electrons. The van der Waals surface area contributed by atoms with Crippen LogP contribution in [0.5, 0.6) is 5.75 Å². The maximum atomic E-state index is 14.1. The van der Waals surface area contributed by atoms with Crippen molar-refractivity contribution in [3.05, 3.63) is 65.1 Å². The van der Waals surface area contributed by atoms with E-state index in [9.17, 15) is 4.39 Å². The van der Waals surface area contributed by atoms with Gasteiger partial charge in [0.2, 0.25) is 0 Å². The van der Waals surface area contributed by atoms with Gasteiger partial charge in [0.05, 0.1) is 12.6 Å². The standard InChI is InChI=1S/C22H25FN2O/c1-25-14-16(21-20(25)11-10-18(23)22(21)26-2)12-13-24-19-9-5-7-15-6-3-4-8-17(15)19/h3-4,6,8,10-11,14,19,24H,5,7,9,12-13H2,1-2H3/t19-/m0/s1. The van der Waals surface area contributed by atoms with Crippen molar-refractivity contribution < 1.29 is 9.13 Å². The molecule has 2 aromatic carbocycles. The van der Waals surface area contributed by atoms with Crippen LogP contribution in [0.25, 0.3) is 10.9 Å². The number of hydrogen-bond donors (Lipinski definition) is 1. The van der Waals surface area contributed by atoms with Crippen molar-refractivity contribution in [2.45, 2.75) is 31.7 Å². The fourth-order valence-corrected chi connectivity index (χ4v) is 4.26.